The number of imidazole rings is 1. The van der Waals surface area contributed by atoms with Gasteiger partial charge in [0.1, 0.15) is 5.82 Å². The van der Waals surface area contributed by atoms with Crippen LogP contribution in [0.5, 0.6) is 0 Å². The molecule has 0 spiro atoms. The SMILES string of the molecule is CC(C)Cc1cnc(C2(CO)CC2)[nH]1. The smallest absolute Gasteiger partial charge is 0.114 e. The Labute approximate surface area is 84.6 Å². The third-order valence-corrected chi connectivity index (χ3v) is 2.92. The van der Waals surface area contributed by atoms with Crippen molar-refractivity contribution in [3.05, 3.63) is 17.7 Å². The maximum absolute atomic E-state index is 9.24. The predicted octanol–water partition coefficient (Wildman–Crippen LogP) is 1.63. The summed E-state index contributed by atoms with van der Waals surface area (Å²) in [6.07, 6.45) is 5.08. The van der Waals surface area contributed by atoms with Crippen LogP contribution in [0.25, 0.3) is 0 Å². The monoisotopic (exact) mass is 194 g/mol. The summed E-state index contributed by atoms with van der Waals surface area (Å²) in [6, 6.07) is 0. The van der Waals surface area contributed by atoms with Gasteiger partial charge in [-0.15, -0.1) is 0 Å². The van der Waals surface area contributed by atoms with Gasteiger partial charge in [0.25, 0.3) is 0 Å². The lowest BCUT2D eigenvalue weighted by Gasteiger charge is -2.07. The predicted molar refractivity (Wildman–Crippen MR) is 55.1 cm³/mol. The van der Waals surface area contributed by atoms with E-state index in [1.54, 1.807) is 0 Å². The first-order chi connectivity index (χ1) is 6.66. The number of aromatic nitrogens is 2. The molecule has 1 saturated carbocycles. The van der Waals surface area contributed by atoms with Crippen molar-refractivity contribution in [1.82, 2.24) is 9.97 Å². The molecule has 3 heteroatoms. The number of hydrogen-bond acceptors (Lipinski definition) is 2. The number of rotatable bonds is 4. The van der Waals surface area contributed by atoms with Crippen LogP contribution in [0.3, 0.4) is 0 Å². The van der Waals surface area contributed by atoms with Crippen molar-refractivity contribution in [3.63, 3.8) is 0 Å². The molecule has 1 aromatic rings. The van der Waals surface area contributed by atoms with Crippen molar-refractivity contribution in [2.45, 2.75) is 38.5 Å². The van der Waals surface area contributed by atoms with Gasteiger partial charge in [-0.05, 0) is 25.2 Å². The molecule has 1 fully saturated rings. The highest BCUT2D eigenvalue weighted by molar-refractivity contribution is 5.20. The van der Waals surface area contributed by atoms with Gasteiger partial charge >= 0.3 is 0 Å². The lowest BCUT2D eigenvalue weighted by molar-refractivity contribution is 0.250. The number of aromatic amines is 1. The lowest BCUT2D eigenvalue weighted by Crippen LogP contribution is -2.13. The summed E-state index contributed by atoms with van der Waals surface area (Å²) in [5.74, 6) is 1.63. The standard InChI is InChI=1S/C11H18N2O/c1-8(2)5-9-6-12-10(13-9)11(7-14)3-4-11/h6,8,14H,3-5,7H2,1-2H3,(H,12,13). The van der Waals surface area contributed by atoms with Crippen LogP contribution in [0.15, 0.2) is 6.20 Å². The number of nitrogens with one attached hydrogen (secondary N) is 1. The Bertz CT molecular complexity index is 313. The molecular formula is C11H18N2O. The lowest BCUT2D eigenvalue weighted by atomic mass is 10.1. The molecule has 78 valence electrons. The van der Waals surface area contributed by atoms with Crippen LogP contribution in [0, 0.1) is 5.92 Å². The van der Waals surface area contributed by atoms with E-state index in [0.717, 1.165) is 25.1 Å². The van der Waals surface area contributed by atoms with E-state index in [4.69, 9.17) is 0 Å². The fourth-order valence-corrected chi connectivity index (χ4v) is 1.79. The number of aliphatic hydroxyl groups excluding tert-OH is 1. The Morgan fingerprint density at radius 3 is 2.79 bits per heavy atom. The minimum atomic E-state index is -0.0186. The highest BCUT2D eigenvalue weighted by atomic mass is 16.3. The van der Waals surface area contributed by atoms with E-state index in [1.807, 2.05) is 6.20 Å². The minimum absolute atomic E-state index is 0.0186. The Hall–Kier alpha value is -0.830. The van der Waals surface area contributed by atoms with Gasteiger partial charge in [0.2, 0.25) is 0 Å². The fourth-order valence-electron chi connectivity index (χ4n) is 1.79. The summed E-state index contributed by atoms with van der Waals surface area (Å²) in [5, 5.41) is 9.24. The Morgan fingerprint density at radius 2 is 2.29 bits per heavy atom. The quantitative estimate of drug-likeness (QED) is 0.765. The van der Waals surface area contributed by atoms with Crippen LogP contribution in [-0.4, -0.2) is 21.7 Å². The summed E-state index contributed by atoms with van der Waals surface area (Å²) >= 11 is 0. The topological polar surface area (TPSA) is 48.9 Å². The fraction of sp³-hybridized carbons (Fsp3) is 0.727. The molecule has 1 heterocycles. The summed E-state index contributed by atoms with van der Waals surface area (Å²) in [4.78, 5) is 7.69. The Kier molecular flexibility index (Phi) is 2.35. The molecule has 0 radical (unpaired) electrons. The van der Waals surface area contributed by atoms with Gasteiger partial charge in [0.05, 0.1) is 12.0 Å². The number of hydrogen-bond donors (Lipinski definition) is 2. The van der Waals surface area contributed by atoms with Crippen molar-refractivity contribution < 1.29 is 5.11 Å². The Morgan fingerprint density at radius 1 is 1.57 bits per heavy atom. The summed E-state index contributed by atoms with van der Waals surface area (Å²) in [7, 11) is 0. The second kappa shape index (κ2) is 3.39. The average Bonchev–Trinajstić information content (AvgIpc) is 2.81. The number of H-pyrrole nitrogens is 1. The molecule has 1 aliphatic carbocycles. The van der Waals surface area contributed by atoms with E-state index in [-0.39, 0.29) is 12.0 Å². The third kappa shape index (κ3) is 1.69. The largest absolute Gasteiger partial charge is 0.395 e. The maximum Gasteiger partial charge on any atom is 0.114 e. The molecule has 0 unspecified atom stereocenters. The van der Waals surface area contributed by atoms with Gasteiger partial charge in [0.15, 0.2) is 0 Å². The van der Waals surface area contributed by atoms with E-state index in [1.165, 1.54) is 5.69 Å². The first kappa shape index (κ1) is 9.71. The van der Waals surface area contributed by atoms with E-state index >= 15 is 0 Å². The highest BCUT2D eigenvalue weighted by Gasteiger charge is 2.46. The second-order valence-electron chi connectivity index (χ2n) is 4.79. The molecule has 1 aromatic heterocycles. The first-order valence-electron chi connectivity index (χ1n) is 5.31. The van der Waals surface area contributed by atoms with E-state index < -0.39 is 0 Å². The van der Waals surface area contributed by atoms with Crippen LogP contribution < -0.4 is 0 Å². The summed E-state index contributed by atoms with van der Waals surface area (Å²) in [6.45, 7) is 4.61. The van der Waals surface area contributed by atoms with Gasteiger partial charge in [-0.25, -0.2) is 4.98 Å². The Balaban J connectivity index is 2.10. The van der Waals surface area contributed by atoms with E-state index in [0.29, 0.717) is 5.92 Å². The van der Waals surface area contributed by atoms with Crippen molar-refractivity contribution in [2.75, 3.05) is 6.61 Å². The van der Waals surface area contributed by atoms with Crippen LogP contribution in [0.1, 0.15) is 38.2 Å². The minimum Gasteiger partial charge on any atom is -0.395 e. The summed E-state index contributed by atoms with van der Waals surface area (Å²) in [5.41, 5.74) is 1.17. The van der Waals surface area contributed by atoms with Gasteiger partial charge < -0.3 is 10.1 Å². The summed E-state index contributed by atoms with van der Waals surface area (Å²) < 4.78 is 0. The highest BCUT2D eigenvalue weighted by Crippen LogP contribution is 2.46. The van der Waals surface area contributed by atoms with Crippen molar-refractivity contribution in [2.24, 2.45) is 5.92 Å². The van der Waals surface area contributed by atoms with Crippen molar-refractivity contribution in [1.29, 1.82) is 0 Å². The normalized spacial score (nSPS) is 18.9. The molecule has 3 nitrogen and oxygen atoms in total. The van der Waals surface area contributed by atoms with Crippen LogP contribution in [-0.2, 0) is 11.8 Å². The number of nitrogens with zero attached hydrogens (tertiary/aromatic N) is 1. The second-order valence-corrected chi connectivity index (χ2v) is 4.79. The number of aliphatic hydroxyl groups is 1. The third-order valence-electron chi connectivity index (χ3n) is 2.92. The zero-order chi connectivity index (χ0) is 10.2. The van der Waals surface area contributed by atoms with Crippen LogP contribution in [0.2, 0.25) is 0 Å². The van der Waals surface area contributed by atoms with Crippen LogP contribution >= 0.6 is 0 Å². The van der Waals surface area contributed by atoms with Gasteiger partial charge in [-0.3, -0.25) is 0 Å². The molecule has 1 aliphatic rings. The molecule has 2 N–H and O–H groups in total. The molecule has 2 rings (SSSR count). The van der Waals surface area contributed by atoms with Crippen LogP contribution in [0.4, 0.5) is 0 Å². The van der Waals surface area contributed by atoms with Crippen molar-refractivity contribution in [3.8, 4) is 0 Å². The van der Waals surface area contributed by atoms with E-state index in [2.05, 4.69) is 23.8 Å². The molecular weight excluding hydrogens is 176 g/mol. The molecule has 14 heavy (non-hydrogen) atoms. The zero-order valence-electron chi connectivity index (χ0n) is 8.88. The first-order valence-corrected chi connectivity index (χ1v) is 5.31. The average molecular weight is 194 g/mol. The molecule has 0 aliphatic heterocycles. The van der Waals surface area contributed by atoms with E-state index in [9.17, 15) is 5.11 Å². The molecule has 0 amide bonds. The van der Waals surface area contributed by atoms with Gasteiger partial charge in [-0.1, -0.05) is 13.8 Å². The van der Waals surface area contributed by atoms with Gasteiger partial charge in [0, 0.05) is 11.9 Å². The molecule has 0 bridgehead atoms. The molecule has 0 atom stereocenters. The van der Waals surface area contributed by atoms with Gasteiger partial charge in [-0.2, -0.15) is 0 Å². The molecule has 0 saturated heterocycles. The zero-order valence-corrected chi connectivity index (χ0v) is 8.88. The molecule has 0 aromatic carbocycles. The maximum atomic E-state index is 9.24. The van der Waals surface area contributed by atoms with Crippen molar-refractivity contribution >= 4 is 0 Å².